The van der Waals surface area contributed by atoms with Crippen molar-refractivity contribution in [2.45, 2.75) is 44.3 Å². The number of H-pyrrole nitrogens is 1. The Bertz CT molecular complexity index is 1470. The van der Waals surface area contributed by atoms with Gasteiger partial charge in [0.25, 0.3) is 0 Å². The van der Waals surface area contributed by atoms with Gasteiger partial charge in [-0.15, -0.1) is 0 Å². The summed E-state index contributed by atoms with van der Waals surface area (Å²) < 4.78 is 0. The van der Waals surface area contributed by atoms with Crippen LogP contribution in [0, 0.1) is 0 Å². The van der Waals surface area contributed by atoms with E-state index in [1.807, 2.05) is 61.6 Å². The zero-order valence-electron chi connectivity index (χ0n) is 22.8. The predicted molar refractivity (Wildman–Crippen MR) is 161 cm³/mol. The summed E-state index contributed by atoms with van der Waals surface area (Å²) in [7, 11) is 3.91. The minimum Gasteiger partial charge on any atom is -0.360 e. The Morgan fingerprint density at radius 2 is 1.98 bits per heavy atom. The number of pyridine rings is 1. The molecule has 4 aromatic rings. The highest BCUT2D eigenvalue weighted by molar-refractivity contribution is 6.33. The maximum atomic E-state index is 12.0. The maximum absolute atomic E-state index is 12.0. The van der Waals surface area contributed by atoms with Crippen molar-refractivity contribution in [2.75, 3.05) is 31.3 Å². The molecule has 3 heterocycles. The van der Waals surface area contributed by atoms with E-state index in [-0.39, 0.29) is 11.9 Å². The molecule has 1 aromatic carbocycles. The van der Waals surface area contributed by atoms with Gasteiger partial charge in [-0.1, -0.05) is 35.9 Å². The van der Waals surface area contributed by atoms with Gasteiger partial charge < -0.3 is 25.8 Å². The van der Waals surface area contributed by atoms with Gasteiger partial charge in [0.15, 0.2) is 0 Å². The van der Waals surface area contributed by atoms with Crippen LogP contribution in [-0.2, 0) is 11.3 Å². The van der Waals surface area contributed by atoms with Gasteiger partial charge in [-0.25, -0.2) is 9.97 Å². The van der Waals surface area contributed by atoms with E-state index in [2.05, 4.69) is 37.0 Å². The van der Waals surface area contributed by atoms with Crippen molar-refractivity contribution in [1.29, 1.82) is 0 Å². The van der Waals surface area contributed by atoms with Gasteiger partial charge >= 0.3 is 0 Å². The first kappa shape index (κ1) is 27.8. The van der Waals surface area contributed by atoms with E-state index >= 15 is 0 Å². The molecule has 0 spiro atoms. The Kier molecular flexibility index (Phi) is 9.05. The third kappa shape index (κ3) is 7.24. The molecule has 40 heavy (non-hydrogen) atoms. The van der Waals surface area contributed by atoms with Crippen LogP contribution in [0.4, 0.5) is 11.6 Å². The molecule has 2 atom stereocenters. The molecule has 2 unspecified atom stereocenters. The highest BCUT2D eigenvalue weighted by atomic mass is 35.5. The molecule has 10 heteroatoms. The second-order valence-electron chi connectivity index (χ2n) is 10.4. The van der Waals surface area contributed by atoms with E-state index in [4.69, 9.17) is 16.6 Å². The molecule has 0 aliphatic heterocycles. The lowest BCUT2D eigenvalue weighted by Crippen LogP contribution is -2.39. The number of fused-ring (bicyclic) bond motifs is 1. The summed E-state index contributed by atoms with van der Waals surface area (Å²) in [6, 6.07) is 12.6. The summed E-state index contributed by atoms with van der Waals surface area (Å²) in [6.45, 7) is 1.38. The van der Waals surface area contributed by atoms with Crippen LogP contribution in [0.2, 0.25) is 5.02 Å². The lowest BCUT2D eigenvalue weighted by Gasteiger charge is -2.30. The number of para-hydroxylation sites is 1. The smallest absolute Gasteiger partial charge is 0.248 e. The number of anilines is 2. The highest BCUT2D eigenvalue weighted by Gasteiger charge is 2.23. The Hall–Kier alpha value is -3.79. The zero-order chi connectivity index (χ0) is 27.9. The van der Waals surface area contributed by atoms with Crippen molar-refractivity contribution < 1.29 is 4.79 Å². The number of hydrogen-bond donors (Lipinski definition) is 4. The van der Waals surface area contributed by atoms with Crippen LogP contribution in [0.5, 0.6) is 0 Å². The first-order valence-electron chi connectivity index (χ1n) is 13.6. The summed E-state index contributed by atoms with van der Waals surface area (Å²) in [6.07, 6.45) is 12.9. The number of benzene rings is 1. The molecule has 4 N–H and O–H groups in total. The average Bonchev–Trinajstić information content (AvgIpc) is 3.38. The van der Waals surface area contributed by atoms with Crippen molar-refractivity contribution in [3.8, 4) is 11.3 Å². The highest BCUT2D eigenvalue weighted by Crippen LogP contribution is 2.32. The van der Waals surface area contributed by atoms with Crippen LogP contribution < -0.4 is 16.0 Å². The van der Waals surface area contributed by atoms with Crippen molar-refractivity contribution in [3.63, 3.8) is 0 Å². The van der Waals surface area contributed by atoms with Gasteiger partial charge in [-0.05, 0) is 58.0 Å². The van der Waals surface area contributed by atoms with E-state index in [0.717, 1.165) is 53.5 Å². The number of likely N-dealkylation sites (N-methyl/N-ethyl adjacent to an activating group) is 1. The van der Waals surface area contributed by atoms with Crippen molar-refractivity contribution in [3.05, 3.63) is 77.9 Å². The summed E-state index contributed by atoms with van der Waals surface area (Å²) in [5, 5.41) is 11.6. The van der Waals surface area contributed by atoms with Crippen molar-refractivity contribution >= 4 is 40.0 Å². The largest absolute Gasteiger partial charge is 0.360 e. The number of carbonyl (C=O) groups is 1. The van der Waals surface area contributed by atoms with Gasteiger partial charge in [-0.3, -0.25) is 9.78 Å². The quantitative estimate of drug-likeness (QED) is 0.197. The molecule has 208 valence electrons. The van der Waals surface area contributed by atoms with Crippen LogP contribution in [0.25, 0.3) is 22.2 Å². The van der Waals surface area contributed by atoms with Gasteiger partial charge in [0, 0.05) is 53.9 Å². The van der Waals surface area contributed by atoms with Gasteiger partial charge in [-0.2, -0.15) is 0 Å². The Morgan fingerprint density at radius 3 is 2.80 bits per heavy atom. The average molecular weight is 559 g/mol. The molecule has 1 amide bonds. The predicted octanol–water partition coefficient (Wildman–Crippen LogP) is 5.24. The number of rotatable bonds is 10. The molecular formula is C30H35ClN8O. The number of nitrogens with one attached hydrogen (secondary N) is 4. The summed E-state index contributed by atoms with van der Waals surface area (Å²) in [5.74, 6) is 0.430. The van der Waals surface area contributed by atoms with Crippen LogP contribution >= 0.6 is 11.6 Å². The molecular weight excluding hydrogens is 524 g/mol. The molecule has 1 fully saturated rings. The fourth-order valence-corrected chi connectivity index (χ4v) is 5.18. The Labute approximate surface area is 239 Å². The van der Waals surface area contributed by atoms with Gasteiger partial charge in [0.2, 0.25) is 11.9 Å². The summed E-state index contributed by atoms with van der Waals surface area (Å²) in [4.78, 5) is 31.1. The third-order valence-corrected chi connectivity index (χ3v) is 7.28. The second kappa shape index (κ2) is 13.0. The molecule has 0 radical (unpaired) electrons. The standard InChI is InChI=1S/C30H35ClN8O/c1-39(2)14-6-11-28(40)36-23-13-12-22(33-17-23)16-32-20-7-5-8-21(15-20)37-30-35-19-26(31)29(38-30)25-18-34-27-10-4-3-9-24(25)27/h3-4,6,9-13,17-21,32,34H,5,7-8,14-16H2,1-2H3,(H,36,40)(H,35,37,38)/b11-6+. The molecule has 0 bridgehead atoms. The topological polar surface area (TPSA) is 111 Å². The fourth-order valence-electron chi connectivity index (χ4n) is 4.99. The van der Waals surface area contributed by atoms with Crippen LogP contribution in [-0.4, -0.2) is 63.5 Å². The molecule has 3 aromatic heterocycles. The molecule has 1 aliphatic carbocycles. The minimum atomic E-state index is -0.159. The molecule has 1 aliphatic rings. The fraction of sp³-hybridized carbons (Fsp3) is 0.333. The van der Waals surface area contributed by atoms with Gasteiger partial charge in [0.1, 0.15) is 0 Å². The van der Waals surface area contributed by atoms with E-state index in [1.54, 1.807) is 18.5 Å². The van der Waals surface area contributed by atoms with Crippen molar-refractivity contribution in [2.24, 2.45) is 0 Å². The Morgan fingerprint density at radius 1 is 1.12 bits per heavy atom. The number of halogens is 1. The number of amides is 1. The first-order valence-corrected chi connectivity index (χ1v) is 14.0. The normalized spacial score (nSPS) is 17.5. The van der Waals surface area contributed by atoms with Gasteiger partial charge in [0.05, 0.1) is 34.5 Å². The number of carbonyl (C=O) groups excluding carboxylic acids is 1. The number of aromatic nitrogens is 4. The summed E-state index contributed by atoms with van der Waals surface area (Å²) >= 11 is 6.51. The molecule has 5 rings (SSSR count). The van der Waals surface area contributed by atoms with E-state index < -0.39 is 0 Å². The van der Waals surface area contributed by atoms with E-state index in [1.165, 1.54) is 0 Å². The maximum Gasteiger partial charge on any atom is 0.248 e. The van der Waals surface area contributed by atoms with Crippen LogP contribution in [0.1, 0.15) is 31.4 Å². The lowest BCUT2D eigenvalue weighted by molar-refractivity contribution is -0.111. The van der Waals surface area contributed by atoms with Crippen LogP contribution in [0.3, 0.4) is 0 Å². The number of aromatic amines is 1. The van der Waals surface area contributed by atoms with E-state index in [0.29, 0.717) is 35.8 Å². The second-order valence-corrected chi connectivity index (χ2v) is 10.8. The first-order chi connectivity index (χ1) is 19.4. The van der Waals surface area contributed by atoms with Crippen LogP contribution in [0.15, 0.2) is 67.1 Å². The SMILES string of the molecule is CN(C)C/C=C/C(=O)Nc1ccc(CNC2CCCC(Nc3ncc(Cl)c(-c4c[nH]c5ccccc45)n3)C2)nc1. The Balaban J connectivity index is 1.14. The molecule has 9 nitrogen and oxygen atoms in total. The third-order valence-electron chi connectivity index (χ3n) is 7.00. The molecule has 1 saturated carbocycles. The summed E-state index contributed by atoms with van der Waals surface area (Å²) in [5.41, 5.74) is 4.34. The number of hydrogen-bond acceptors (Lipinski definition) is 7. The number of nitrogens with zero attached hydrogens (tertiary/aromatic N) is 4. The lowest BCUT2D eigenvalue weighted by atomic mass is 9.91. The minimum absolute atomic E-state index is 0.159. The van der Waals surface area contributed by atoms with E-state index in [9.17, 15) is 4.79 Å². The van der Waals surface area contributed by atoms with Crippen molar-refractivity contribution in [1.82, 2.24) is 30.2 Å². The monoisotopic (exact) mass is 558 g/mol. The zero-order valence-corrected chi connectivity index (χ0v) is 23.6. The molecule has 0 saturated heterocycles.